The van der Waals surface area contributed by atoms with Crippen molar-refractivity contribution >= 4 is 11.8 Å². The molecule has 0 aliphatic carbocycles. The monoisotopic (exact) mass is 338 g/mol. The van der Waals surface area contributed by atoms with Crippen molar-refractivity contribution in [1.82, 2.24) is 5.01 Å². The van der Waals surface area contributed by atoms with Crippen molar-refractivity contribution in [2.75, 3.05) is 0 Å². The van der Waals surface area contributed by atoms with Crippen LogP contribution < -0.4 is 0 Å². The first kappa shape index (κ1) is 19.7. The van der Waals surface area contributed by atoms with Crippen LogP contribution in [0.15, 0.2) is 5.10 Å². The Balaban J connectivity index is 2.90. The number of unbranched alkanes of at least 4 members (excludes halogenated alkanes) is 3. The van der Waals surface area contributed by atoms with E-state index in [2.05, 4.69) is 5.10 Å². The third-order valence-electron chi connectivity index (χ3n) is 3.38. The molecule has 1 atom stereocenters. The minimum atomic E-state index is -5.02. The second kappa shape index (κ2) is 7.07. The minimum Gasteiger partial charge on any atom is -0.442 e. The molecule has 5 nitrogen and oxygen atoms in total. The van der Waals surface area contributed by atoms with Crippen molar-refractivity contribution in [2.24, 2.45) is 5.10 Å². The van der Waals surface area contributed by atoms with Crippen LogP contribution in [-0.2, 0) is 4.74 Å². The zero-order chi connectivity index (χ0) is 17.9. The maximum Gasteiger partial charge on any atom is 0.439 e. The van der Waals surface area contributed by atoms with Crippen LogP contribution in [0.25, 0.3) is 0 Å². The molecule has 1 rings (SSSR count). The lowest BCUT2D eigenvalue weighted by molar-refractivity contribution is -0.300. The third-order valence-corrected chi connectivity index (χ3v) is 3.38. The maximum atomic E-state index is 13.2. The van der Waals surface area contributed by atoms with Crippen molar-refractivity contribution in [3.8, 4) is 0 Å². The Morgan fingerprint density at radius 2 is 1.91 bits per heavy atom. The van der Waals surface area contributed by atoms with Crippen LogP contribution in [0.5, 0.6) is 0 Å². The van der Waals surface area contributed by atoms with Crippen LogP contribution in [0, 0.1) is 0 Å². The molecule has 134 valence electrons. The topological polar surface area (TPSA) is 62.1 Å². The smallest absolute Gasteiger partial charge is 0.439 e. The molecule has 1 aliphatic rings. The van der Waals surface area contributed by atoms with E-state index in [1.165, 1.54) is 20.8 Å². The normalized spacial score (nSPS) is 22.3. The lowest BCUT2D eigenvalue weighted by Gasteiger charge is -2.33. The molecule has 0 saturated heterocycles. The molecule has 0 aromatic carbocycles. The average molecular weight is 338 g/mol. The van der Waals surface area contributed by atoms with Gasteiger partial charge in [0.15, 0.2) is 0 Å². The average Bonchev–Trinajstić information content (AvgIpc) is 2.71. The lowest BCUT2D eigenvalue weighted by atomic mass is 10.0. The van der Waals surface area contributed by atoms with Crippen molar-refractivity contribution in [1.29, 1.82) is 0 Å². The van der Waals surface area contributed by atoms with Crippen molar-refractivity contribution in [2.45, 2.75) is 83.7 Å². The first-order valence-electron chi connectivity index (χ1n) is 7.79. The van der Waals surface area contributed by atoms with Gasteiger partial charge in [0.2, 0.25) is 0 Å². The number of aliphatic hydroxyl groups is 1. The summed E-state index contributed by atoms with van der Waals surface area (Å²) in [5.74, 6) is 0. The molecule has 0 bridgehead atoms. The van der Waals surface area contributed by atoms with Crippen molar-refractivity contribution < 1.29 is 27.8 Å². The summed E-state index contributed by atoms with van der Waals surface area (Å²) in [5.41, 5.74) is -4.16. The highest BCUT2D eigenvalue weighted by Gasteiger charge is 2.63. The Morgan fingerprint density at radius 3 is 2.39 bits per heavy atom. The number of halogens is 3. The quantitative estimate of drug-likeness (QED) is 0.764. The molecular formula is C15H25F3N2O3. The molecule has 1 heterocycles. The summed E-state index contributed by atoms with van der Waals surface area (Å²) >= 11 is 0. The molecule has 1 N–H and O–H groups in total. The van der Waals surface area contributed by atoms with Crippen LogP contribution in [0.2, 0.25) is 0 Å². The van der Waals surface area contributed by atoms with Gasteiger partial charge in [-0.25, -0.2) is 4.79 Å². The van der Waals surface area contributed by atoms with Gasteiger partial charge < -0.3 is 9.84 Å². The van der Waals surface area contributed by atoms with Crippen molar-refractivity contribution in [3.05, 3.63) is 0 Å². The number of hydrazone groups is 1. The van der Waals surface area contributed by atoms with Gasteiger partial charge in [-0.15, -0.1) is 0 Å². The maximum absolute atomic E-state index is 13.2. The number of ether oxygens (including phenoxy) is 1. The predicted octanol–water partition coefficient (Wildman–Crippen LogP) is 4.20. The summed E-state index contributed by atoms with van der Waals surface area (Å²) in [5, 5.41) is 13.7. The van der Waals surface area contributed by atoms with E-state index in [9.17, 15) is 23.1 Å². The van der Waals surface area contributed by atoms with Crippen LogP contribution >= 0.6 is 0 Å². The Morgan fingerprint density at radius 1 is 1.30 bits per heavy atom. The van der Waals surface area contributed by atoms with Gasteiger partial charge in [0.25, 0.3) is 5.72 Å². The number of nitrogens with zero attached hydrogens (tertiary/aromatic N) is 2. The van der Waals surface area contributed by atoms with E-state index in [1.807, 2.05) is 6.92 Å². The highest BCUT2D eigenvalue weighted by Crippen LogP contribution is 2.41. The summed E-state index contributed by atoms with van der Waals surface area (Å²) in [6, 6.07) is 0. The first-order valence-corrected chi connectivity index (χ1v) is 7.79. The fraction of sp³-hybridized carbons (Fsp3) is 0.867. The summed E-state index contributed by atoms with van der Waals surface area (Å²) in [4.78, 5) is 12.0. The largest absolute Gasteiger partial charge is 0.442 e. The van der Waals surface area contributed by atoms with Crippen molar-refractivity contribution in [3.63, 3.8) is 0 Å². The Bertz CT molecular complexity index is 458. The summed E-state index contributed by atoms with van der Waals surface area (Å²) in [6.07, 6.45) is -3.22. The first-order chi connectivity index (χ1) is 10.4. The standard InChI is InChI=1S/C15H25F3N2O3/c1-5-6-7-8-9-11-10-14(22,15(16,17)18)20(19-11)12(21)23-13(2,3)4/h22H,5-10H2,1-4H3/t14-/m0/s1. The highest BCUT2D eigenvalue weighted by atomic mass is 19.4. The Labute approximate surface area is 134 Å². The summed E-state index contributed by atoms with van der Waals surface area (Å²) in [6.45, 7) is 6.62. The minimum absolute atomic E-state index is 0.0351. The van der Waals surface area contributed by atoms with Gasteiger partial charge >= 0.3 is 12.3 Å². The zero-order valence-electron chi connectivity index (χ0n) is 14.0. The number of amides is 1. The molecule has 23 heavy (non-hydrogen) atoms. The van der Waals surface area contributed by atoms with Gasteiger partial charge in [0, 0.05) is 12.1 Å². The van der Waals surface area contributed by atoms with Gasteiger partial charge in [-0.2, -0.15) is 23.3 Å². The molecule has 0 fully saturated rings. The molecule has 1 aliphatic heterocycles. The Hall–Kier alpha value is -1.31. The molecule has 8 heteroatoms. The summed E-state index contributed by atoms with van der Waals surface area (Å²) in [7, 11) is 0. The third kappa shape index (κ3) is 5.09. The Kier molecular flexibility index (Phi) is 6.06. The lowest BCUT2D eigenvalue weighted by Crippen LogP contribution is -2.57. The fourth-order valence-electron chi connectivity index (χ4n) is 2.23. The van der Waals surface area contributed by atoms with Gasteiger partial charge in [-0.1, -0.05) is 26.2 Å². The van der Waals surface area contributed by atoms with Gasteiger partial charge in [0.05, 0.1) is 0 Å². The summed E-state index contributed by atoms with van der Waals surface area (Å²) < 4.78 is 44.6. The van der Waals surface area contributed by atoms with E-state index in [1.54, 1.807) is 0 Å². The van der Waals surface area contributed by atoms with Gasteiger partial charge in [-0.05, 0) is 33.6 Å². The SMILES string of the molecule is CCCCCCC1=NN(C(=O)OC(C)(C)C)[C@@](O)(C(F)(F)F)C1. The molecule has 1 amide bonds. The van der Waals surface area contributed by atoms with E-state index in [4.69, 9.17) is 4.74 Å². The van der Waals surface area contributed by atoms with Gasteiger partial charge in [-0.3, -0.25) is 0 Å². The van der Waals surface area contributed by atoms with E-state index in [0.29, 0.717) is 12.8 Å². The second-order valence-electron chi connectivity index (χ2n) is 6.76. The zero-order valence-corrected chi connectivity index (χ0v) is 14.0. The number of hydrogen-bond donors (Lipinski definition) is 1. The molecule has 0 aromatic rings. The number of hydrogen-bond acceptors (Lipinski definition) is 4. The highest BCUT2D eigenvalue weighted by molar-refractivity contribution is 5.89. The molecule has 0 unspecified atom stereocenters. The molecule has 0 aromatic heterocycles. The van der Waals surface area contributed by atoms with E-state index in [-0.39, 0.29) is 10.7 Å². The second-order valence-corrected chi connectivity index (χ2v) is 6.76. The van der Waals surface area contributed by atoms with Crippen LogP contribution in [0.3, 0.4) is 0 Å². The fourth-order valence-corrected chi connectivity index (χ4v) is 2.23. The molecule has 0 spiro atoms. The van der Waals surface area contributed by atoms with E-state index >= 15 is 0 Å². The van der Waals surface area contributed by atoms with Crippen LogP contribution in [0.4, 0.5) is 18.0 Å². The molecule has 0 radical (unpaired) electrons. The number of carbonyl (C=O) groups is 1. The number of alkyl halides is 3. The van der Waals surface area contributed by atoms with E-state index in [0.717, 1.165) is 19.3 Å². The number of rotatable bonds is 5. The number of carbonyl (C=O) groups excluding carboxylic acids is 1. The van der Waals surface area contributed by atoms with Crippen LogP contribution in [0.1, 0.15) is 66.2 Å². The van der Waals surface area contributed by atoms with E-state index < -0.39 is 30.0 Å². The molecular weight excluding hydrogens is 313 g/mol. The molecule has 0 saturated carbocycles. The van der Waals surface area contributed by atoms with Crippen LogP contribution in [-0.4, -0.2) is 39.4 Å². The predicted molar refractivity (Wildman–Crippen MR) is 79.9 cm³/mol. The van der Waals surface area contributed by atoms with Gasteiger partial charge in [0.1, 0.15) is 5.60 Å².